The molecule has 0 radical (unpaired) electrons. The van der Waals surface area contributed by atoms with E-state index in [1.54, 1.807) is 0 Å². The van der Waals surface area contributed by atoms with Crippen LogP contribution in [0.4, 0.5) is 0 Å². The van der Waals surface area contributed by atoms with Crippen LogP contribution < -0.4 is 16.8 Å². The Morgan fingerprint density at radius 1 is 1.53 bits per heavy atom. The summed E-state index contributed by atoms with van der Waals surface area (Å²) >= 11 is 0. The van der Waals surface area contributed by atoms with E-state index in [2.05, 4.69) is 19.2 Å². The van der Waals surface area contributed by atoms with Crippen molar-refractivity contribution in [3.05, 3.63) is 0 Å². The fraction of sp³-hybridized carbons (Fsp3) is 0.800. The van der Waals surface area contributed by atoms with E-state index >= 15 is 0 Å². The lowest BCUT2D eigenvalue weighted by molar-refractivity contribution is -0.126. The van der Waals surface area contributed by atoms with Gasteiger partial charge in [0.2, 0.25) is 11.8 Å². The molecule has 0 aromatic carbocycles. The van der Waals surface area contributed by atoms with Crippen molar-refractivity contribution in [3.63, 3.8) is 0 Å². The van der Waals surface area contributed by atoms with Gasteiger partial charge in [0.15, 0.2) is 0 Å². The molecule has 2 atom stereocenters. The number of rotatable bonds is 5. The summed E-state index contributed by atoms with van der Waals surface area (Å²) in [5.41, 5.74) is 10.8. The third-order valence-corrected chi connectivity index (χ3v) is 3.00. The summed E-state index contributed by atoms with van der Waals surface area (Å²) in [5.74, 6) is -0.317. The molecule has 1 saturated carbocycles. The highest BCUT2D eigenvalue weighted by molar-refractivity contribution is 5.87. The van der Waals surface area contributed by atoms with Gasteiger partial charge in [-0.05, 0) is 17.8 Å². The molecule has 1 aliphatic carbocycles. The molecular weight excluding hydrogens is 194 g/mol. The van der Waals surface area contributed by atoms with E-state index < -0.39 is 11.9 Å². The third-order valence-electron chi connectivity index (χ3n) is 3.00. The Balaban J connectivity index is 2.21. The number of carbonyl (C=O) groups is 2. The van der Waals surface area contributed by atoms with Gasteiger partial charge < -0.3 is 16.8 Å². The van der Waals surface area contributed by atoms with Crippen molar-refractivity contribution < 1.29 is 9.59 Å². The zero-order valence-electron chi connectivity index (χ0n) is 9.25. The lowest BCUT2D eigenvalue weighted by atomic mass is 10.1. The molecule has 0 aromatic rings. The number of primary amides is 1. The molecule has 0 bridgehead atoms. The van der Waals surface area contributed by atoms with Crippen LogP contribution >= 0.6 is 0 Å². The summed E-state index contributed by atoms with van der Waals surface area (Å²) < 4.78 is 0. The van der Waals surface area contributed by atoms with Crippen molar-refractivity contribution in [1.29, 1.82) is 0 Å². The molecular formula is C10H19N3O2. The molecule has 0 aliphatic heterocycles. The van der Waals surface area contributed by atoms with Gasteiger partial charge in [-0.1, -0.05) is 13.8 Å². The Bertz CT molecular complexity index is 276. The van der Waals surface area contributed by atoms with Gasteiger partial charge in [-0.3, -0.25) is 9.59 Å². The van der Waals surface area contributed by atoms with E-state index in [1.807, 2.05) is 0 Å². The molecule has 0 spiro atoms. The van der Waals surface area contributed by atoms with Crippen LogP contribution in [0.15, 0.2) is 0 Å². The van der Waals surface area contributed by atoms with E-state index in [-0.39, 0.29) is 12.3 Å². The number of amides is 2. The zero-order valence-corrected chi connectivity index (χ0v) is 9.25. The SMILES string of the molecule is CC1(C)CC1CNC(=O)C(N)CC(N)=O. The number of hydrogen-bond donors (Lipinski definition) is 3. The maximum absolute atomic E-state index is 11.4. The first-order chi connectivity index (χ1) is 6.83. The molecule has 86 valence electrons. The van der Waals surface area contributed by atoms with Gasteiger partial charge in [-0.25, -0.2) is 0 Å². The molecule has 1 rings (SSSR count). The second-order valence-corrected chi connectivity index (χ2v) is 4.91. The van der Waals surface area contributed by atoms with Crippen molar-refractivity contribution in [1.82, 2.24) is 5.32 Å². The molecule has 0 heterocycles. The lowest BCUT2D eigenvalue weighted by Gasteiger charge is -2.11. The molecule has 5 N–H and O–H groups in total. The van der Waals surface area contributed by atoms with Crippen LogP contribution in [0.25, 0.3) is 0 Å². The van der Waals surface area contributed by atoms with Crippen molar-refractivity contribution in [3.8, 4) is 0 Å². The summed E-state index contributed by atoms with van der Waals surface area (Å²) in [6.07, 6.45) is 1.03. The van der Waals surface area contributed by atoms with E-state index in [0.717, 1.165) is 6.42 Å². The molecule has 2 unspecified atom stereocenters. The van der Waals surface area contributed by atoms with Crippen LogP contribution in [-0.2, 0) is 9.59 Å². The van der Waals surface area contributed by atoms with Gasteiger partial charge in [0, 0.05) is 6.54 Å². The molecule has 1 aliphatic rings. The average Bonchev–Trinajstić information content (AvgIpc) is 2.68. The molecule has 0 aromatic heterocycles. The predicted molar refractivity (Wildman–Crippen MR) is 56.7 cm³/mol. The quantitative estimate of drug-likeness (QED) is 0.566. The van der Waals surface area contributed by atoms with Gasteiger partial charge >= 0.3 is 0 Å². The number of nitrogens with one attached hydrogen (secondary N) is 1. The monoisotopic (exact) mass is 213 g/mol. The topological polar surface area (TPSA) is 98.2 Å². The van der Waals surface area contributed by atoms with Crippen LogP contribution in [0.5, 0.6) is 0 Å². The van der Waals surface area contributed by atoms with Crippen molar-refractivity contribution in [2.75, 3.05) is 6.54 Å². The van der Waals surface area contributed by atoms with E-state index in [1.165, 1.54) is 0 Å². The minimum Gasteiger partial charge on any atom is -0.370 e. The van der Waals surface area contributed by atoms with E-state index in [9.17, 15) is 9.59 Å². The third kappa shape index (κ3) is 3.51. The van der Waals surface area contributed by atoms with Crippen LogP contribution in [0.2, 0.25) is 0 Å². The Morgan fingerprint density at radius 3 is 2.47 bits per heavy atom. The number of hydrogen-bond acceptors (Lipinski definition) is 3. The highest BCUT2D eigenvalue weighted by Gasteiger charge is 2.45. The van der Waals surface area contributed by atoms with Gasteiger partial charge in [0.05, 0.1) is 12.5 Å². The minimum atomic E-state index is -0.815. The molecule has 5 nitrogen and oxygen atoms in total. The first-order valence-corrected chi connectivity index (χ1v) is 5.14. The second kappa shape index (κ2) is 4.18. The van der Waals surface area contributed by atoms with Crippen molar-refractivity contribution >= 4 is 11.8 Å². The van der Waals surface area contributed by atoms with Crippen molar-refractivity contribution in [2.45, 2.75) is 32.7 Å². The first kappa shape index (κ1) is 12.0. The summed E-state index contributed by atoms with van der Waals surface area (Å²) in [6, 6.07) is -0.815. The second-order valence-electron chi connectivity index (χ2n) is 4.91. The Kier molecular flexibility index (Phi) is 3.34. The largest absolute Gasteiger partial charge is 0.370 e. The van der Waals surface area contributed by atoms with Crippen LogP contribution in [0.1, 0.15) is 26.7 Å². The summed E-state index contributed by atoms with van der Waals surface area (Å²) in [6.45, 7) is 4.96. The lowest BCUT2D eigenvalue weighted by Crippen LogP contribution is -2.43. The van der Waals surface area contributed by atoms with Gasteiger partial charge in [-0.15, -0.1) is 0 Å². The van der Waals surface area contributed by atoms with Gasteiger partial charge in [-0.2, -0.15) is 0 Å². The van der Waals surface area contributed by atoms with Crippen LogP contribution in [-0.4, -0.2) is 24.4 Å². The Labute approximate surface area is 89.6 Å². The van der Waals surface area contributed by atoms with Crippen LogP contribution in [0, 0.1) is 11.3 Å². The minimum absolute atomic E-state index is 0.0973. The summed E-state index contributed by atoms with van der Waals surface area (Å²) in [4.78, 5) is 21.9. The van der Waals surface area contributed by atoms with E-state index in [0.29, 0.717) is 17.9 Å². The average molecular weight is 213 g/mol. The maximum Gasteiger partial charge on any atom is 0.237 e. The summed E-state index contributed by atoms with van der Waals surface area (Å²) in [7, 11) is 0. The zero-order chi connectivity index (χ0) is 11.6. The standard InChI is InChI=1S/C10H19N3O2/c1-10(2)4-6(10)5-13-9(15)7(11)3-8(12)14/h6-7H,3-5,11H2,1-2H3,(H2,12,14)(H,13,15). The van der Waals surface area contributed by atoms with Gasteiger partial charge in [0.25, 0.3) is 0 Å². The fourth-order valence-electron chi connectivity index (χ4n) is 1.59. The maximum atomic E-state index is 11.4. The molecule has 0 saturated heterocycles. The highest BCUT2D eigenvalue weighted by Crippen LogP contribution is 2.50. The number of carbonyl (C=O) groups excluding carboxylic acids is 2. The molecule has 15 heavy (non-hydrogen) atoms. The highest BCUT2D eigenvalue weighted by atomic mass is 16.2. The fourth-order valence-corrected chi connectivity index (χ4v) is 1.59. The van der Waals surface area contributed by atoms with E-state index in [4.69, 9.17) is 11.5 Å². The van der Waals surface area contributed by atoms with Crippen LogP contribution in [0.3, 0.4) is 0 Å². The number of nitrogens with two attached hydrogens (primary N) is 2. The normalized spacial score (nSPS) is 24.3. The Morgan fingerprint density at radius 2 is 2.07 bits per heavy atom. The molecule has 5 heteroatoms. The molecule has 1 fully saturated rings. The smallest absolute Gasteiger partial charge is 0.237 e. The molecule has 2 amide bonds. The summed E-state index contributed by atoms with van der Waals surface area (Å²) in [5, 5.41) is 2.73. The van der Waals surface area contributed by atoms with Gasteiger partial charge in [0.1, 0.15) is 0 Å². The first-order valence-electron chi connectivity index (χ1n) is 5.14. The van der Waals surface area contributed by atoms with Crippen molar-refractivity contribution in [2.24, 2.45) is 22.8 Å². The Hall–Kier alpha value is -1.10. The predicted octanol–water partition coefficient (Wildman–Crippen LogP) is -0.649.